The molecular formula is C14H21ClN4. The molecule has 0 atom stereocenters. The molecule has 1 fully saturated rings. The first-order valence-electron chi connectivity index (χ1n) is 6.56. The lowest BCUT2D eigenvalue weighted by atomic mass is 10.1. The highest BCUT2D eigenvalue weighted by atomic mass is 35.5. The van der Waals surface area contributed by atoms with Crippen molar-refractivity contribution in [2.24, 2.45) is 5.10 Å². The lowest BCUT2D eigenvalue weighted by Gasteiger charge is -2.30. The van der Waals surface area contributed by atoms with Gasteiger partial charge in [-0.15, -0.1) is 0 Å². The van der Waals surface area contributed by atoms with Gasteiger partial charge in [0, 0.05) is 49.5 Å². The molecule has 1 aliphatic heterocycles. The molecule has 1 aromatic rings. The first-order valence-corrected chi connectivity index (χ1v) is 6.94. The van der Waals surface area contributed by atoms with E-state index in [9.17, 15) is 0 Å². The van der Waals surface area contributed by atoms with Gasteiger partial charge in [0.15, 0.2) is 0 Å². The second kappa shape index (κ2) is 6.26. The van der Waals surface area contributed by atoms with Crippen LogP contribution < -0.4 is 5.32 Å². The summed E-state index contributed by atoms with van der Waals surface area (Å²) in [5.41, 5.74) is 3.12. The molecule has 4 nitrogen and oxygen atoms in total. The molecule has 19 heavy (non-hydrogen) atoms. The minimum absolute atomic E-state index is 0.738. The van der Waals surface area contributed by atoms with Crippen LogP contribution in [0.2, 0.25) is 5.02 Å². The van der Waals surface area contributed by atoms with Crippen LogP contribution in [0.15, 0.2) is 23.3 Å². The molecule has 0 spiro atoms. The third kappa shape index (κ3) is 3.61. The second-order valence-corrected chi connectivity index (χ2v) is 5.32. The molecule has 1 aliphatic rings. The van der Waals surface area contributed by atoms with Crippen molar-refractivity contribution >= 4 is 23.0 Å². The van der Waals surface area contributed by atoms with Crippen molar-refractivity contribution in [3.8, 4) is 0 Å². The van der Waals surface area contributed by atoms with Crippen molar-refractivity contribution in [1.29, 1.82) is 0 Å². The highest BCUT2D eigenvalue weighted by Crippen LogP contribution is 2.21. The summed E-state index contributed by atoms with van der Waals surface area (Å²) < 4.78 is 0. The maximum absolute atomic E-state index is 6.08. The second-order valence-electron chi connectivity index (χ2n) is 4.88. The highest BCUT2D eigenvalue weighted by molar-refractivity contribution is 6.31. The Kier molecular flexibility index (Phi) is 4.66. The Balaban J connectivity index is 2.18. The van der Waals surface area contributed by atoms with Gasteiger partial charge >= 0.3 is 0 Å². The molecule has 5 heteroatoms. The normalized spacial score (nSPS) is 17.7. The molecule has 0 aromatic heterocycles. The lowest BCUT2D eigenvalue weighted by Crippen LogP contribution is -2.42. The summed E-state index contributed by atoms with van der Waals surface area (Å²) in [6, 6.07) is 5.84. The Morgan fingerprint density at radius 3 is 2.58 bits per heavy atom. The molecule has 0 radical (unpaired) electrons. The van der Waals surface area contributed by atoms with Gasteiger partial charge < -0.3 is 10.2 Å². The Bertz CT molecular complexity index is 465. The Labute approximate surface area is 120 Å². The van der Waals surface area contributed by atoms with E-state index in [0.29, 0.717) is 0 Å². The van der Waals surface area contributed by atoms with E-state index in [1.807, 2.05) is 32.2 Å². The van der Waals surface area contributed by atoms with E-state index in [0.717, 1.165) is 48.2 Å². The summed E-state index contributed by atoms with van der Waals surface area (Å²) >= 11 is 6.08. The third-order valence-electron chi connectivity index (χ3n) is 3.41. The fourth-order valence-electron chi connectivity index (χ4n) is 2.20. The summed E-state index contributed by atoms with van der Waals surface area (Å²) in [7, 11) is 4.06. The Hall–Kier alpha value is -1.26. The number of likely N-dealkylation sites (N-methyl/N-ethyl adjacent to an activating group) is 1. The molecule has 0 bridgehead atoms. The van der Waals surface area contributed by atoms with Crippen LogP contribution >= 0.6 is 11.6 Å². The molecular weight excluding hydrogens is 260 g/mol. The summed E-state index contributed by atoms with van der Waals surface area (Å²) in [6.45, 7) is 6.10. The number of hydrazone groups is 1. The molecule has 0 saturated carbocycles. The number of nitrogens with one attached hydrogen (secondary N) is 1. The zero-order valence-corrected chi connectivity index (χ0v) is 12.5. The van der Waals surface area contributed by atoms with Crippen LogP contribution in [0.4, 0.5) is 5.69 Å². The van der Waals surface area contributed by atoms with Crippen molar-refractivity contribution in [1.82, 2.24) is 9.91 Å². The number of piperazine rings is 1. The van der Waals surface area contributed by atoms with Crippen molar-refractivity contribution < 1.29 is 0 Å². The van der Waals surface area contributed by atoms with E-state index in [1.165, 1.54) is 0 Å². The topological polar surface area (TPSA) is 30.9 Å². The van der Waals surface area contributed by atoms with Crippen molar-refractivity contribution in [3.05, 3.63) is 28.8 Å². The van der Waals surface area contributed by atoms with Gasteiger partial charge in [0.05, 0.1) is 5.71 Å². The quantitative estimate of drug-likeness (QED) is 0.863. The fraction of sp³-hybridized carbons (Fsp3) is 0.500. The molecule has 0 aliphatic carbocycles. The van der Waals surface area contributed by atoms with E-state index >= 15 is 0 Å². The fourth-order valence-corrected chi connectivity index (χ4v) is 2.37. The molecule has 1 N–H and O–H groups in total. The predicted molar refractivity (Wildman–Crippen MR) is 82.3 cm³/mol. The molecule has 0 amide bonds. The minimum Gasteiger partial charge on any atom is -0.388 e. The van der Waals surface area contributed by atoms with Gasteiger partial charge in [-0.2, -0.15) is 5.10 Å². The average Bonchev–Trinajstić information content (AvgIpc) is 2.41. The van der Waals surface area contributed by atoms with Crippen molar-refractivity contribution in [2.45, 2.75) is 6.92 Å². The monoisotopic (exact) mass is 280 g/mol. The highest BCUT2D eigenvalue weighted by Gasteiger charge is 2.13. The number of hydrogen-bond acceptors (Lipinski definition) is 4. The van der Waals surface area contributed by atoms with Crippen molar-refractivity contribution in [2.75, 3.05) is 45.6 Å². The van der Waals surface area contributed by atoms with Crippen LogP contribution in [0.3, 0.4) is 0 Å². The van der Waals surface area contributed by atoms with Gasteiger partial charge in [-0.1, -0.05) is 11.6 Å². The van der Waals surface area contributed by atoms with Crippen LogP contribution in [0.5, 0.6) is 0 Å². The van der Waals surface area contributed by atoms with Crippen LogP contribution in [0, 0.1) is 0 Å². The van der Waals surface area contributed by atoms with E-state index < -0.39 is 0 Å². The SMILES string of the molecule is CNc1ccc(Cl)cc1/C(C)=N/N1CCN(C)CC1. The van der Waals surface area contributed by atoms with Gasteiger partial charge in [-0.25, -0.2) is 0 Å². The molecule has 2 rings (SSSR count). The Morgan fingerprint density at radius 2 is 1.95 bits per heavy atom. The maximum Gasteiger partial charge on any atom is 0.0667 e. The zero-order valence-electron chi connectivity index (χ0n) is 11.8. The summed E-state index contributed by atoms with van der Waals surface area (Å²) in [4.78, 5) is 2.32. The third-order valence-corrected chi connectivity index (χ3v) is 3.65. The molecule has 1 heterocycles. The summed E-state index contributed by atoms with van der Waals surface area (Å²) in [5.74, 6) is 0. The molecule has 0 unspecified atom stereocenters. The smallest absolute Gasteiger partial charge is 0.0667 e. The van der Waals surface area contributed by atoms with Gasteiger partial charge in [0.25, 0.3) is 0 Å². The predicted octanol–water partition coefficient (Wildman–Crippen LogP) is 2.35. The molecule has 1 aromatic carbocycles. The van der Waals surface area contributed by atoms with E-state index in [-0.39, 0.29) is 0 Å². The van der Waals surface area contributed by atoms with Gasteiger partial charge in [0.1, 0.15) is 0 Å². The number of rotatable bonds is 3. The van der Waals surface area contributed by atoms with Gasteiger partial charge in [-0.05, 0) is 32.2 Å². The van der Waals surface area contributed by atoms with Crippen LogP contribution in [0.1, 0.15) is 12.5 Å². The first kappa shape index (κ1) is 14.2. The largest absolute Gasteiger partial charge is 0.388 e. The van der Waals surface area contributed by atoms with Crippen LogP contribution in [-0.2, 0) is 0 Å². The van der Waals surface area contributed by atoms with E-state index in [4.69, 9.17) is 16.7 Å². The molecule has 104 valence electrons. The lowest BCUT2D eigenvalue weighted by molar-refractivity contribution is 0.159. The Morgan fingerprint density at radius 1 is 1.26 bits per heavy atom. The average molecular weight is 281 g/mol. The van der Waals surface area contributed by atoms with E-state index in [2.05, 4.69) is 22.3 Å². The summed E-state index contributed by atoms with van der Waals surface area (Å²) in [5, 5.41) is 10.8. The number of hydrogen-bond donors (Lipinski definition) is 1. The number of anilines is 1. The van der Waals surface area contributed by atoms with E-state index in [1.54, 1.807) is 0 Å². The van der Waals surface area contributed by atoms with Crippen LogP contribution in [0.25, 0.3) is 0 Å². The van der Waals surface area contributed by atoms with Crippen LogP contribution in [-0.4, -0.2) is 55.9 Å². The van der Waals surface area contributed by atoms with Gasteiger partial charge in [0.2, 0.25) is 0 Å². The number of benzene rings is 1. The maximum atomic E-state index is 6.08. The first-order chi connectivity index (χ1) is 9.10. The minimum atomic E-state index is 0.738. The summed E-state index contributed by atoms with van der Waals surface area (Å²) in [6.07, 6.45) is 0. The van der Waals surface area contributed by atoms with Crippen molar-refractivity contribution in [3.63, 3.8) is 0 Å². The standard InChI is InChI=1S/C14H21ClN4/c1-11(17-19-8-6-18(3)7-9-19)13-10-12(15)4-5-14(13)16-2/h4-5,10,16H,6-9H2,1-3H3/b17-11+. The molecule has 1 saturated heterocycles. The number of nitrogens with zero attached hydrogens (tertiary/aromatic N) is 3. The number of halogens is 1. The zero-order chi connectivity index (χ0) is 13.8. The van der Waals surface area contributed by atoms with Gasteiger partial charge in [-0.3, -0.25) is 5.01 Å².